The maximum absolute atomic E-state index is 13.2. The van der Waals surface area contributed by atoms with Crippen LogP contribution >= 0.6 is 36.4 Å². The van der Waals surface area contributed by atoms with Crippen molar-refractivity contribution in [2.24, 2.45) is 0 Å². The predicted molar refractivity (Wildman–Crippen MR) is 257 cm³/mol. The second kappa shape index (κ2) is 21.3. The summed E-state index contributed by atoms with van der Waals surface area (Å²) in [6.07, 6.45) is 0. The molecule has 0 aliphatic carbocycles. The third-order valence-corrected chi connectivity index (χ3v) is 11.4. The number of alkyl halides is 1. The molecule has 4 aromatic heterocycles. The fourth-order valence-electron chi connectivity index (χ4n) is 8.04. The van der Waals surface area contributed by atoms with Gasteiger partial charge in [0.1, 0.15) is 34.2 Å². The molecule has 0 radical (unpaired) electrons. The minimum Gasteiger partial charge on any atom is -0.494 e. The Hall–Kier alpha value is -6.05. The van der Waals surface area contributed by atoms with Crippen molar-refractivity contribution in [1.29, 1.82) is 0 Å². The summed E-state index contributed by atoms with van der Waals surface area (Å²) >= 11 is 5.74. The molecule has 10 rings (SSSR count). The molecule has 6 heterocycles. The van der Waals surface area contributed by atoms with Crippen LogP contribution in [0.2, 0.25) is 0 Å². The molecule has 2 saturated heterocycles. The van der Waals surface area contributed by atoms with Crippen LogP contribution in [0, 0.1) is 11.6 Å². The number of nitrogen functional groups attached to an aromatic ring is 2. The summed E-state index contributed by atoms with van der Waals surface area (Å²) in [5.74, 6) is 2.90. The van der Waals surface area contributed by atoms with E-state index >= 15 is 0 Å². The van der Waals surface area contributed by atoms with Gasteiger partial charge in [-0.15, -0.1) is 46.6 Å². The number of aromatic nitrogens is 8. The van der Waals surface area contributed by atoms with Gasteiger partial charge in [0.25, 0.3) is 0 Å². The zero-order valence-corrected chi connectivity index (χ0v) is 38.6. The van der Waals surface area contributed by atoms with E-state index in [9.17, 15) is 8.78 Å². The Morgan fingerprint density at radius 3 is 1.63 bits per heavy atom. The third-order valence-electron chi connectivity index (χ3n) is 11.1. The van der Waals surface area contributed by atoms with Crippen molar-refractivity contribution in [3.05, 3.63) is 108 Å². The van der Waals surface area contributed by atoms with Gasteiger partial charge in [-0.1, -0.05) is 12.1 Å². The second-order valence-electron chi connectivity index (χ2n) is 15.3. The average molecular weight is 952 g/mol. The highest BCUT2D eigenvalue weighted by molar-refractivity contribution is 6.16. The van der Waals surface area contributed by atoms with Crippen LogP contribution in [0.5, 0.6) is 11.5 Å². The highest BCUT2D eigenvalue weighted by atomic mass is 35.5. The lowest BCUT2D eigenvalue weighted by Gasteiger charge is -2.41. The summed E-state index contributed by atoms with van der Waals surface area (Å²) in [6, 6.07) is 25.5. The van der Waals surface area contributed by atoms with E-state index in [4.69, 9.17) is 37.5 Å². The van der Waals surface area contributed by atoms with Gasteiger partial charge in [0, 0.05) is 73.5 Å². The highest BCUT2D eigenvalue weighted by Gasteiger charge is 2.26. The first-order valence-corrected chi connectivity index (χ1v) is 21.1. The number of anilines is 4. The molecule has 2 aliphatic rings. The van der Waals surface area contributed by atoms with Gasteiger partial charge in [-0.25, -0.2) is 28.7 Å². The van der Waals surface area contributed by atoms with Crippen molar-refractivity contribution in [3.8, 4) is 11.5 Å². The molecule has 4 aromatic carbocycles. The van der Waals surface area contributed by atoms with Gasteiger partial charge in [0.15, 0.2) is 22.9 Å². The molecular weight excluding hydrogens is 901 g/mol. The average Bonchev–Trinajstić information content (AvgIpc) is 3.94. The first-order chi connectivity index (χ1) is 30.5. The van der Waals surface area contributed by atoms with E-state index in [1.807, 2.05) is 60.7 Å². The lowest BCUT2D eigenvalue weighted by Crippen LogP contribution is -2.51. The number of nitrogens with one attached hydrogen (secondary N) is 1. The molecule has 0 bridgehead atoms. The molecule has 0 amide bonds. The number of halogens is 5. The van der Waals surface area contributed by atoms with Crippen LogP contribution in [-0.4, -0.2) is 110 Å². The van der Waals surface area contributed by atoms with Crippen molar-refractivity contribution in [3.63, 3.8) is 0 Å². The Balaban J connectivity index is 0.000000175. The summed E-state index contributed by atoms with van der Waals surface area (Å²) in [6.45, 7) is 10.5. The number of hydrogen-bond donors (Lipinski definition) is 3. The van der Waals surface area contributed by atoms with E-state index in [0.29, 0.717) is 58.1 Å². The van der Waals surface area contributed by atoms with Gasteiger partial charge in [-0.3, -0.25) is 4.90 Å². The molecule has 2 fully saturated rings. The summed E-state index contributed by atoms with van der Waals surface area (Å²) in [5.41, 5.74) is 16.8. The maximum Gasteiger partial charge on any atom is 0.223 e. The Bertz CT molecular complexity index is 2850. The van der Waals surface area contributed by atoms with E-state index in [1.54, 1.807) is 18.7 Å². The molecule has 16 nitrogen and oxygen atoms in total. The van der Waals surface area contributed by atoms with Crippen LogP contribution in [0.25, 0.3) is 33.1 Å². The summed E-state index contributed by atoms with van der Waals surface area (Å²) in [7, 11) is 3.20. The van der Waals surface area contributed by atoms with E-state index < -0.39 is 0 Å². The van der Waals surface area contributed by atoms with Crippen LogP contribution in [-0.2, 0) is 12.4 Å². The number of nitrogens with zero attached hydrogens (tertiary/aromatic N) is 11. The molecule has 8 aromatic rings. The van der Waals surface area contributed by atoms with Crippen molar-refractivity contribution < 1.29 is 18.3 Å². The molecule has 0 saturated carbocycles. The van der Waals surface area contributed by atoms with Gasteiger partial charge in [-0.2, -0.15) is 9.03 Å². The molecule has 21 heteroatoms. The first-order valence-electron chi connectivity index (χ1n) is 20.5. The van der Waals surface area contributed by atoms with Gasteiger partial charge in [0.2, 0.25) is 11.9 Å². The summed E-state index contributed by atoms with van der Waals surface area (Å²) in [5, 5.41) is 13.8. The fourth-order valence-corrected chi connectivity index (χ4v) is 8.15. The van der Waals surface area contributed by atoms with Crippen molar-refractivity contribution in [2.75, 3.05) is 74.8 Å². The Labute approximate surface area is 391 Å². The predicted octanol–water partition coefficient (Wildman–Crippen LogP) is 6.79. The topological polar surface area (TPSA) is 178 Å². The van der Waals surface area contributed by atoms with Crippen molar-refractivity contribution in [2.45, 2.75) is 38.4 Å². The molecule has 2 atom stereocenters. The fraction of sp³-hybridized carbons (Fsp3) is 0.318. The van der Waals surface area contributed by atoms with Gasteiger partial charge < -0.3 is 36.1 Å². The molecule has 5 N–H and O–H groups in total. The van der Waals surface area contributed by atoms with E-state index in [2.05, 4.69) is 59.0 Å². The van der Waals surface area contributed by atoms with Gasteiger partial charge in [-0.05, 0) is 86.6 Å². The maximum atomic E-state index is 13.2. The van der Waals surface area contributed by atoms with E-state index in [-0.39, 0.29) is 60.3 Å². The number of methoxy groups -OCH3 is 2. The van der Waals surface area contributed by atoms with E-state index in [1.165, 1.54) is 28.8 Å². The third kappa shape index (κ3) is 10.4. The monoisotopic (exact) mass is 950 g/mol. The SMILES string of the molecule is COc1cccc2c1nc(N)n1nc(CCl)nc21.COc1cccc2c1nc(N)n1nc(CN3CCN(c4ccc(F)cc4)[C@@H](C)C3)nc21.C[C@H]1CNCCN1c1ccc(F)cc1.Cl.Cl. The number of piperazine rings is 2. The van der Waals surface area contributed by atoms with Crippen LogP contribution < -0.4 is 36.1 Å². The highest BCUT2D eigenvalue weighted by Crippen LogP contribution is 2.29. The smallest absolute Gasteiger partial charge is 0.223 e. The lowest BCUT2D eigenvalue weighted by molar-refractivity contribution is 0.216. The normalized spacial score (nSPS) is 16.3. The summed E-state index contributed by atoms with van der Waals surface area (Å²) in [4.78, 5) is 24.8. The number of para-hydroxylation sites is 2. The second-order valence-corrected chi connectivity index (χ2v) is 15.6. The zero-order valence-electron chi connectivity index (χ0n) is 36.2. The number of hydrogen-bond acceptors (Lipinski definition) is 14. The molecule has 0 unspecified atom stereocenters. The largest absolute Gasteiger partial charge is 0.494 e. The number of ether oxygens (including phenoxy) is 2. The number of fused-ring (bicyclic) bond motifs is 6. The van der Waals surface area contributed by atoms with Crippen molar-refractivity contribution >= 4 is 92.8 Å². The van der Waals surface area contributed by atoms with Crippen LogP contribution in [0.3, 0.4) is 0 Å². The number of rotatable bonds is 7. The Morgan fingerprint density at radius 1 is 0.662 bits per heavy atom. The first kappa shape index (κ1) is 48.4. The molecule has 65 heavy (non-hydrogen) atoms. The lowest BCUT2D eigenvalue weighted by atomic mass is 10.1. The zero-order chi connectivity index (χ0) is 44.2. The van der Waals surface area contributed by atoms with Crippen LogP contribution in [0.4, 0.5) is 32.1 Å². The van der Waals surface area contributed by atoms with Crippen LogP contribution in [0.1, 0.15) is 25.5 Å². The van der Waals surface area contributed by atoms with Crippen LogP contribution in [0.15, 0.2) is 84.9 Å². The summed E-state index contributed by atoms with van der Waals surface area (Å²) < 4.78 is 39.7. The molecule has 344 valence electrons. The molecule has 2 aliphatic heterocycles. The number of benzene rings is 4. The van der Waals surface area contributed by atoms with E-state index in [0.717, 1.165) is 61.4 Å². The molecular formula is C44H51Cl3F2N14O2. The van der Waals surface area contributed by atoms with Gasteiger partial charge >= 0.3 is 0 Å². The minimum absolute atomic E-state index is 0. The minimum atomic E-state index is -0.216. The molecule has 0 spiro atoms. The Kier molecular flexibility index (Phi) is 15.9. The van der Waals surface area contributed by atoms with Gasteiger partial charge in [0.05, 0.1) is 26.6 Å². The number of nitrogens with two attached hydrogens (primary N) is 2. The van der Waals surface area contributed by atoms with Crippen molar-refractivity contribution in [1.82, 2.24) is 49.4 Å². The standard InChI is InChI=1S/C22H24FN7O.C11H10ClN5O.C11H15FN2.2ClH/c1-14-12-28(10-11-29(14)16-8-6-15(23)7-9-16)13-19-25-21-17-4-3-5-18(31-2)20(17)26-22(24)30(21)27-19;1-18-7-4-2-3-6-9(7)15-11(13)17-10(6)14-8(5-12)16-17;1-9-8-13-6-7-14(9)11-4-2-10(12)3-5-11;;/h3-9,14H,10-13H2,1-2H3,(H2,24,26);2-4H,5H2,1H3,(H2,13,15);2-5,9,13H,6-8H2,1H3;2*1H/t14-;;9-;;/m0.0../s1. The quantitative estimate of drug-likeness (QED) is 0.142. The Morgan fingerprint density at radius 2 is 1.15 bits per heavy atom.